The van der Waals surface area contributed by atoms with E-state index in [0.717, 1.165) is 6.42 Å². The number of rotatable bonds is 9. The van der Waals surface area contributed by atoms with Crippen LogP contribution in [0.3, 0.4) is 0 Å². The molecular weight excluding hydrogens is 208 g/mol. The van der Waals surface area contributed by atoms with Crippen molar-refractivity contribution in [3.05, 3.63) is 0 Å². The van der Waals surface area contributed by atoms with Gasteiger partial charge in [-0.1, -0.05) is 0 Å². The summed E-state index contributed by atoms with van der Waals surface area (Å²) in [5, 5.41) is 14.9. The topological polar surface area (TPSA) is 70.6 Å². The molecule has 2 unspecified atom stereocenters. The van der Waals surface area contributed by atoms with Crippen molar-refractivity contribution in [3.63, 3.8) is 0 Å². The second kappa shape index (κ2) is 9.57. The Bertz CT molecular complexity index is 186. The van der Waals surface area contributed by atoms with E-state index < -0.39 is 0 Å². The molecule has 0 spiro atoms. The molecule has 0 saturated heterocycles. The standard InChI is InChI=1S/C11H24N2O3/c1-9(14)5-7-12-10(2)11(15)13-6-4-8-16-3/h9-10,12,14H,4-8H2,1-3H3,(H,13,15). The highest BCUT2D eigenvalue weighted by atomic mass is 16.5. The van der Waals surface area contributed by atoms with Gasteiger partial charge in [0, 0.05) is 20.3 Å². The molecule has 5 heteroatoms. The van der Waals surface area contributed by atoms with Gasteiger partial charge in [0.15, 0.2) is 0 Å². The van der Waals surface area contributed by atoms with Crippen LogP contribution in [0.4, 0.5) is 0 Å². The van der Waals surface area contributed by atoms with Crippen LogP contribution >= 0.6 is 0 Å². The van der Waals surface area contributed by atoms with Gasteiger partial charge in [-0.05, 0) is 33.2 Å². The first-order valence-corrected chi connectivity index (χ1v) is 5.76. The molecule has 0 rings (SSSR count). The van der Waals surface area contributed by atoms with Gasteiger partial charge in [-0.2, -0.15) is 0 Å². The lowest BCUT2D eigenvalue weighted by atomic mass is 10.2. The Morgan fingerprint density at radius 2 is 2.06 bits per heavy atom. The summed E-state index contributed by atoms with van der Waals surface area (Å²) in [4.78, 5) is 11.5. The maximum absolute atomic E-state index is 11.5. The zero-order valence-corrected chi connectivity index (χ0v) is 10.5. The van der Waals surface area contributed by atoms with E-state index in [1.807, 2.05) is 6.92 Å². The normalized spacial score (nSPS) is 14.5. The van der Waals surface area contributed by atoms with Gasteiger partial charge in [-0.15, -0.1) is 0 Å². The van der Waals surface area contributed by atoms with Crippen molar-refractivity contribution in [1.82, 2.24) is 10.6 Å². The molecule has 0 aromatic heterocycles. The zero-order chi connectivity index (χ0) is 12.4. The Morgan fingerprint density at radius 1 is 1.38 bits per heavy atom. The van der Waals surface area contributed by atoms with Crippen LogP contribution in [0.15, 0.2) is 0 Å². The minimum atomic E-state index is -0.329. The van der Waals surface area contributed by atoms with Gasteiger partial charge in [0.1, 0.15) is 0 Å². The predicted molar refractivity (Wildman–Crippen MR) is 63.3 cm³/mol. The average molecular weight is 232 g/mol. The summed E-state index contributed by atoms with van der Waals surface area (Å²) in [6, 6.07) is -0.221. The fraction of sp³-hybridized carbons (Fsp3) is 0.909. The molecule has 0 heterocycles. The lowest BCUT2D eigenvalue weighted by Crippen LogP contribution is -2.43. The Morgan fingerprint density at radius 3 is 2.62 bits per heavy atom. The van der Waals surface area contributed by atoms with E-state index in [-0.39, 0.29) is 18.1 Å². The van der Waals surface area contributed by atoms with E-state index >= 15 is 0 Å². The van der Waals surface area contributed by atoms with Gasteiger partial charge in [0.25, 0.3) is 0 Å². The van der Waals surface area contributed by atoms with Crippen LogP contribution in [0, 0.1) is 0 Å². The van der Waals surface area contributed by atoms with Gasteiger partial charge in [0.05, 0.1) is 12.1 Å². The van der Waals surface area contributed by atoms with E-state index in [4.69, 9.17) is 9.84 Å². The molecule has 0 aliphatic rings. The molecule has 16 heavy (non-hydrogen) atoms. The second-order valence-corrected chi connectivity index (χ2v) is 3.95. The van der Waals surface area contributed by atoms with Crippen molar-refractivity contribution < 1.29 is 14.6 Å². The number of aliphatic hydroxyl groups is 1. The molecule has 0 aliphatic carbocycles. The summed E-state index contributed by atoms with van der Waals surface area (Å²) in [6.07, 6.45) is 1.15. The van der Waals surface area contributed by atoms with Gasteiger partial charge in [-0.25, -0.2) is 0 Å². The first kappa shape index (κ1) is 15.3. The first-order valence-electron chi connectivity index (χ1n) is 5.76. The third kappa shape index (κ3) is 8.64. The molecule has 0 aliphatic heterocycles. The number of ether oxygens (including phenoxy) is 1. The number of hydrogen-bond acceptors (Lipinski definition) is 4. The van der Waals surface area contributed by atoms with Gasteiger partial charge >= 0.3 is 0 Å². The number of methoxy groups -OCH3 is 1. The fourth-order valence-corrected chi connectivity index (χ4v) is 1.18. The maximum atomic E-state index is 11.5. The highest BCUT2D eigenvalue weighted by Gasteiger charge is 2.10. The molecule has 0 radical (unpaired) electrons. The van der Waals surface area contributed by atoms with Gasteiger partial charge in [0.2, 0.25) is 5.91 Å². The number of amides is 1. The minimum absolute atomic E-state index is 0.0123. The Balaban J connectivity index is 3.49. The lowest BCUT2D eigenvalue weighted by Gasteiger charge is -2.14. The number of carbonyl (C=O) groups excluding carboxylic acids is 1. The molecule has 3 N–H and O–H groups in total. The van der Waals surface area contributed by atoms with E-state index in [0.29, 0.717) is 26.1 Å². The molecule has 0 bridgehead atoms. The van der Waals surface area contributed by atoms with Crippen molar-refractivity contribution >= 4 is 5.91 Å². The molecule has 0 aromatic rings. The fourth-order valence-electron chi connectivity index (χ4n) is 1.18. The zero-order valence-electron chi connectivity index (χ0n) is 10.5. The van der Waals surface area contributed by atoms with Crippen LogP contribution in [0.25, 0.3) is 0 Å². The minimum Gasteiger partial charge on any atom is -0.393 e. The summed E-state index contributed by atoms with van der Waals surface area (Å²) in [6.45, 7) is 5.48. The number of nitrogens with one attached hydrogen (secondary N) is 2. The summed E-state index contributed by atoms with van der Waals surface area (Å²) in [5.41, 5.74) is 0. The Labute approximate surface area is 97.6 Å². The molecule has 1 amide bonds. The smallest absolute Gasteiger partial charge is 0.236 e. The van der Waals surface area contributed by atoms with Crippen LogP contribution in [-0.4, -0.2) is 50.0 Å². The Hall–Kier alpha value is -0.650. The Kier molecular flexibility index (Phi) is 9.18. The van der Waals surface area contributed by atoms with Crippen LogP contribution in [0.2, 0.25) is 0 Å². The van der Waals surface area contributed by atoms with E-state index in [1.54, 1.807) is 14.0 Å². The summed E-state index contributed by atoms with van der Waals surface area (Å²) in [7, 11) is 1.64. The van der Waals surface area contributed by atoms with Gasteiger partial charge < -0.3 is 20.5 Å². The van der Waals surface area contributed by atoms with Gasteiger partial charge in [-0.3, -0.25) is 4.79 Å². The van der Waals surface area contributed by atoms with Crippen LogP contribution in [0.5, 0.6) is 0 Å². The van der Waals surface area contributed by atoms with Crippen LogP contribution < -0.4 is 10.6 Å². The lowest BCUT2D eigenvalue weighted by molar-refractivity contribution is -0.122. The summed E-state index contributed by atoms with van der Waals surface area (Å²) in [5.74, 6) is -0.0123. The van der Waals surface area contributed by atoms with E-state index in [1.165, 1.54) is 0 Å². The number of hydrogen-bond donors (Lipinski definition) is 3. The van der Waals surface area contributed by atoms with Crippen LogP contribution in [-0.2, 0) is 9.53 Å². The number of carbonyl (C=O) groups is 1. The molecule has 0 saturated carbocycles. The number of aliphatic hydroxyl groups excluding tert-OH is 1. The highest BCUT2D eigenvalue weighted by molar-refractivity contribution is 5.81. The van der Waals surface area contributed by atoms with Crippen molar-refractivity contribution in [3.8, 4) is 0 Å². The third-order valence-electron chi connectivity index (χ3n) is 2.23. The molecule has 96 valence electrons. The summed E-state index contributed by atoms with van der Waals surface area (Å²) < 4.78 is 4.88. The summed E-state index contributed by atoms with van der Waals surface area (Å²) >= 11 is 0. The largest absolute Gasteiger partial charge is 0.393 e. The molecule has 5 nitrogen and oxygen atoms in total. The quantitative estimate of drug-likeness (QED) is 0.485. The molecule has 0 fully saturated rings. The molecule has 2 atom stereocenters. The maximum Gasteiger partial charge on any atom is 0.236 e. The SMILES string of the molecule is COCCCNC(=O)C(C)NCCC(C)O. The predicted octanol–water partition coefficient (Wildman–Crippen LogP) is -0.112. The average Bonchev–Trinajstić information content (AvgIpc) is 2.23. The van der Waals surface area contributed by atoms with Crippen molar-refractivity contribution in [1.29, 1.82) is 0 Å². The van der Waals surface area contributed by atoms with Crippen molar-refractivity contribution in [2.75, 3.05) is 26.8 Å². The van der Waals surface area contributed by atoms with Crippen molar-refractivity contribution in [2.24, 2.45) is 0 Å². The van der Waals surface area contributed by atoms with Crippen LogP contribution in [0.1, 0.15) is 26.7 Å². The third-order valence-corrected chi connectivity index (χ3v) is 2.23. The second-order valence-electron chi connectivity index (χ2n) is 3.95. The van der Waals surface area contributed by atoms with E-state index in [2.05, 4.69) is 10.6 Å². The van der Waals surface area contributed by atoms with Crippen molar-refractivity contribution in [2.45, 2.75) is 38.8 Å². The van der Waals surface area contributed by atoms with E-state index in [9.17, 15) is 4.79 Å². The highest BCUT2D eigenvalue weighted by Crippen LogP contribution is 1.89. The molecule has 0 aromatic carbocycles. The first-order chi connectivity index (χ1) is 7.57. The monoisotopic (exact) mass is 232 g/mol. The molecular formula is C11H24N2O3.